The summed E-state index contributed by atoms with van der Waals surface area (Å²) in [6.45, 7) is 5.13. The Bertz CT molecular complexity index is 470. The maximum absolute atomic E-state index is 12.2. The van der Waals surface area contributed by atoms with Crippen molar-refractivity contribution in [2.45, 2.75) is 38.6 Å². The zero-order chi connectivity index (χ0) is 15.1. The second-order valence-electron chi connectivity index (χ2n) is 5.43. The van der Waals surface area contributed by atoms with Crippen LogP contribution in [-0.4, -0.2) is 47.9 Å². The lowest BCUT2D eigenvalue weighted by atomic mass is 10.1. The highest BCUT2D eigenvalue weighted by molar-refractivity contribution is 5.76. The Morgan fingerprint density at radius 1 is 1.43 bits per heavy atom. The number of hydrogen-bond acceptors (Lipinski definition) is 4. The Morgan fingerprint density at radius 3 is 2.76 bits per heavy atom. The van der Waals surface area contributed by atoms with E-state index >= 15 is 0 Å². The number of aryl methyl sites for hydroxylation is 1. The minimum atomic E-state index is -0.00429. The van der Waals surface area contributed by atoms with Crippen LogP contribution in [0.2, 0.25) is 0 Å². The lowest BCUT2D eigenvalue weighted by Gasteiger charge is -2.37. The van der Waals surface area contributed by atoms with Gasteiger partial charge in [-0.05, 0) is 18.6 Å². The van der Waals surface area contributed by atoms with Crippen molar-refractivity contribution in [2.75, 3.05) is 26.2 Å². The summed E-state index contributed by atoms with van der Waals surface area (Å²) in [6, 6.07) is 6.10. The van der Waals surface area contributed by atoms with Crippen molar-refractivity contribution in [3.05, 3.63) is 24.2 Å². The van der Waals surface area contributed by atoms with E-state index in [1.165, 1.54) is 0 Å². The Kier molecular flexibility index (Phi) is 5.82. The van der Waals surface area contributed by atoms with Crippen molar-refractivity contribution in [3.8, 4) is 6.07 Å². The summed E-state index contributed by atoms with van der Waals surface area (Å²) in [5.74, 6) is 1.03. The molecule has 1 atom stereocenters. The van der Waals surface area contributed by atoms with Crippen molar-refractivity contribution in [1.29, 1.82) is 5.26 Å². The normalized spacial score (nSPS) is 17.4. The molecule has 0 aromatic carbocycles. The molecular formula is C16H23N3O2. The van der Waals surface area contributed by atoms with Gasteiger partial charge in [-0.2, -0.15) is 5.26 Å². The monoisotopic (exact) mass is 289 g/mol. The third kappa shape index (κ3) is 4.33. The summed E-state index contributed by atoms with van der Waals surface area (Å²) in [7, 11) is 0. The van der Waals surface area contributed by atoms with Gasteiger partial charge in [0.25, 0.3) is 0 Å². The van der Waals surface area contributed by atoms with Crippen molar-refractivity contribution < 1.29 is 9.21 Å². The summed E-state index contributed by atoms with van der Waals surface area (Å²) >= 11 is 0. The number of carbonyl (C=O) groups excluding carboxylic acids is 1. The van der Waals surface area contributed by atoms with E-state index in [-0.39, 0.29) is 11.9 Å². The quantitative estimate of drug-likeness (QED) is 0.804. The summed E-state index contributed by atoms with van der Waals surface area (Å²) in [6.07, 6.45) is 4.70. The largest absolute Gasteiger partial charge is 0.469 e. The van der Waals surface area contributed by atoms with Crippen LogP contribution in [0.3, 0.4) is 0 Å². The van der Waals surface area contributed by atoms with Gasteiger partial charge in [0.15, 0.2) is 0 Å². The first-order chi connectivity index (χ1) is 10.2. The molecule has 0 bridgehead atoms. The lowest BCUT2D eigenvalue weighted by molar-refractivity contribution is -0.133. The van der Waals surface area contributed by atoms with Gasteiger partial charge in [-0.15, -0.1) is 0 Å². The second-order valence-corrected chi connectivity index (χ2v) is 5.43. The average Bonchev–Trinajstić information content (AvgIpc) is 3.04. The number of amides is 1. The van der Waals surface area contributed by atoms with E-state index in [1.54, 1.807) is 6.26 Å². The van der Waals surface area contributed by atoms with Crippen LogP contribution in [-0.2, 0) is 11.2 Å². The zero-order valence-electron chi connectivity index (χ0n) is 12.6. The molecule has 2 heterocycles. The van der Waals surface area contributed by atoms with Gasteiger partial charge in [-0.3, -0.25) is 9.69 Å². The predicted molar refractivity (Wildman–Crippen MR) is 79.5 cm³/mol. The van der Waals surface area contributed by atoms with Gasteiger partial charge >= 0.3 is 0 Å². The number of hydrogen-bond donors (Lipinski definition) is 0. The van der Waals surface area contributed by atoms with Gasteiger partial charge in [-0.1, -0.05) is 13.3 Å². The molecule has 0 aliphatic carbocycles. The first-order valence-corrected chi connectivity index (χ1v) is 7.68. The maximum Gasteiger partial charge on any atom is 0.223 e. The number of nitrogens with zero attached hydrogens (tertiary/aromatic N) is 3. The molecule has 5 heteroatoms. The van der Waals surface area contributed by atoms with Gasteiger partial charge in [0.05, 0.1) is 18.4 Å². The lowest BCUT2D eigenvalue weighted by Crippen LogP contribution is -2.51. The van der Waals surface area contributed by atoms with E-state index < -0.39 is 0 Å². The van der Waals surface area contributed by atoms with Gasteiger partial charge < -0.3 is 9.32 Å². The molecule has 1 aliphatic heterocycles. The predicted octanol–water partition coefficient (Wildman–Crippen LogP) is 2.05. The van der Waals surface area contributed by atoms with Gasteiger partial charge in [0, 0.05) is 39.0 Å². The molecule has 1 fully saturated rings. The van der Waals surface area contributed by atoms with E-state index in [2.05, 4.69) is 17.9 Å². The molecule has 1 unspecified atom stereocenters. The molecule has 21 heavy (non-hydrogen) atoms. The highest BCUT2D eigenvalue weighted by atomic mass is 16.3. The molecule has 1 aromatic heterocycles. The Balaban J connectivity index is 1.75. The fourth-order valence-corrected chi connectivity index (χ4v) is 2.73. The summed E-state index contributed by atoms with van der Waals surface area (Å²) < 4.78 is 5.25. The first-order valence-electron chi connectivity index (χ1n) is 7.68. The Morgan fingerprint density at radius 2 is 2.19 bits per heavy atom. The fourth-order valence-electron chi connectivity index (χ4n) is 2.73. The van der Waals surface area contributed by atoms with Crippen molar-refractivity contribution in [2.24, 2.45) is 0 Å². The van der Waals surface area contributed by atoms with Crippen LogP contribution >= 0.6 is 0 Å². The van der Waals surface area contributed by atoms with E-state index in [0.29, 0.717) is 12.8 Å². The highest BCUT2D eigenvalue weighted by Crippen LogP contribution is 2.12. The smallest absolute Gasteiger partial charge is 0.223 e. The SMILES string of the molecule is CCCC(C#N)N1CCN(C(=O)CCc2ccco2)CC1. The Labute approximate surface area is 126 Å². The molecule has 114 valence electrons. The van der Waals surface area contributed by atoms with Crippen LogP contribution in [0.5, 0.6) is 0 Å². The zero-order valence-corrected chi connectivity index (χ0v) is 12.6. The summed E-state index contributed by atoms with van der Waals surface area (Å²) in [4.78, 5) is 16.3. The van der Waals surface area contributed by atoms with Crippen molar-refractivity contribution in [1.82, 2.24) is 9.80 Å². The Hall–Kier alpha value is -1.80. The van der Waals surface area contributed by atoms with Crippen LogP contribution in [0.15, 0.2) is 22.8 Å². The highest BCUT2D eigenvalue weighted by Gasteiger charge is 2.25. The number of nitriles is 1. The minimum absolute atomic E-state index is 0.00429. The standard InChI is InChI=1S/C16H23N3O2/c1-2-4-14(13-17)18-8-10-19(11-9-18)16(20)7-6-15-5-3-12-21-15/h3,5,12,14H,2,4,6-11H2,1H3. The van der Waals surface area contributed by atoms with Gasteiger partial charge in [0.2, 0.25) is 5.91 Å². The number of furan rings is 1. The van der Waals surface area contributed by atoms with Crippen LogP contribution in [0, 0.1) is 11.3 Å². The maximum atomic E-state index is 12.2. The topological polar surface area (TPSA) is 60.5 Å². The average molecular weight is 289 g/mol. The van der Waals surface area contributed by atoms with E-state index in [1.807, 2.05) is 17.0 Å². The molecule has 1 saturated heterocycles. The molecule has 2 rings (SSSR count). The molecule has 0 radical (unpaired) electrons. The molecule has 5 nitrogen and oxygen atoms in total. The van der Waals surface area contributed by atoms with Gasteiger partial charge in [-0.25, -0.2) is 0 Å². The van der Waals surface area contributed by atoms with Crippen molar-refractivity contribution in [3.63, 3.8) is 0 Å². The van der Waals surface area contributed by atoms with Crippen LogP contribution in [0.1, 0.15) is 31.9 Å². The molecule has 0 N–H and O–H groups in total. The third-order valence-electron chi connectivity index (χ3n) is 3.98. The van der Waals surface area contributed by atoms with Crippen LogP contribution in [0.4, 0.5) is 0 Å². The first kappa shape index (κ1) is 15.6. The number of carbonyl (C=O) groups is 1. The minimum Gasteiger partial charge on any atom is -0.469 e. The second kappa shape index (κ2) is 7.84. The molecule has 1 aromatic rings. The van der Waals surface area contributed by atoms with Crippen LogP contribution in [0.25, 0.3) is 0 Å². The molecule has 1 aliphatic rings. The third-order valence-corrected chi connectivity index (χ3v) is 3.98. The molecule has 0 saturated carbocycles. The molecule has 0 spiro atoms. The summed E-state index contributed by atoms with van der Waals surface area (Å²) in [5, 5.41) is 9.19. The van der Waals surface area contributed by atoms with Crippen LogP contribution < -0.4 is 0 Å². The molecular weight excluding hydrogens is 266 g/mol. The van der Waals surface area contributed by atoms with Gasteiger partial charge in [0.1, 0.15) is 5.76 Å². The molecule has 1 amide bonds. The van der Waals surface area contributed by atoms with E-state index in [9.17, 15) is 10.1 Å². The summed E-state index contributed by atoms with van der Waals surface area (Å²) in [5.41, 5.74) is 0. The fraction of sp³-hybridized carbons (Fsp3) is 0.625. The van der Waals surface area contributed by atoms with E-state index in [0.717, 1.165) is 44.8 Å². The van der Waals surface area contributed by atoms with Crippen molar-refractivity contribution >= 4 is 5.91 Å². The van der Waals surface area contributed by atoms with E-state index in [4.69, 9.17) is 4.42 Å². The number of rotatable bonds is 6. The number of piperazine rings is 1.